The summed E-state index contributed by atoms with van der Waals surface area (Å²) >= 11 is 0. The number of esters is 1. The number of benzene rings is 2. The number of nitrogens with one attached hydrogen (secondary N) is 1. The van der Waals surface area contributed by atoms with Crippen LogP contribution in [0, 0.1) is 5.92 Å². The Bertz CT molecular complexity index is 983. The number of ether oxygens (including phenoxy) is 2. The quantitative estimate of drug-likeness (QED) is 0.561. The molecule has 2 aromatic carbocycles. The highest BCUT2D eigenvalue weighted by Crippen LogP contribution is 2.40. The number of hydrogen-bond donors (Lipinski definition) is 1. The van der Waals surface area contributed by atoms with Crippen LogP contribution < -0.4 is 9.46 Å². The molecule has 0 aromatic heterocycles. The number of anilines is 1. The van der Waals surface area contributed by atoms with Crippen molar-refractivity contribution in [3.8, 4) is 16.9 Å². The van der Waals surface area contributed by atoms with Crippen molar-refractivity contribution in [3.05, 3.63) is 48.0 Å². The summed E-state index contributed by atoms with van der Waals surface area (Å²) in [5.41, 5.74) is 2.97. The Morgan fingerprint density at radius 2 is 1.81 bits per heavy atom. The minimum absolute atomic E-state index is 0.214. The van der Waals surface area contributed by atoms with Crippen molar-refractivity contribution in [2.24, 2.45) is 5.92 Å². The summed E-state index contributed by atoms with van der Waals surface area (Å²) in [5.74, 6) is 0.697. The smallest absolute Gasteiger partial charge is 0.305 e. The van der Waals surface area contributed by atoms with Crippen LogP contribution in [-0.4, -0.2) is 34.4 Å². The van der Waals surface area contributed by atoms with Gasteiger partial charge < -0.3 is 9.47 Å². The zero-order valence-corrected chi connectivity index (χ0v) is 19.0. The Balaban J connectivity index is 2.01. The molecule has 1 aliphatic rings. The van der Waals surface area contributed by atoms with Gasteiger partial charge in [-0.25, -0.2) is 8.42 Å². The van der Waals surface area contributed by atoms with Crippen LogP contribution in [0.5, 0.6) is 5.75 Å². The Morgan fingerprint density at radius 3 is 2.45 bits per heavy atom. The fraction of sp³-hybridized carbons (Fsp3) is 0.458. The summed E-state index contributed by atoms with van der Waals surface area (Å²) in [6.07, 6.45) is 7.72. The van der Waals surface area contributed by atoms with E-state index in [-0.39, 0.29) is 12.4 Å². The minimum atomic E-state index is -3.52. The number of carbonyl (C=O) groups excluding carboxylic acids is 1. The van der Waals surface area contributed by atoms with Crippen LogP contribution in [0.1, 0.15) is 44.1 Å². The molecule has 1 saturated carbocycles. The van der Waals surface area contributed by atoms with Gasteiger partial charge in [-0.3, -0.25) is 9.52 Å². The number of sulfonamides is 1. The highest BCUT2D eigenvalue weighted by molar-refractivity contribution is 7.92. The molecule has 0 aliphatic heterocycles. The first kappa shape index (κ1) is 23.1. The molecule has 6 nitrogen and oxygen atoms in total. The van der Waals surface area contributed by atoms with Crippen molar-refractivity contribution in [2.45, 2.75) is 44.9 Å². The zero-order valence-electron chi connectivity index (χ0n) is 18.2. The molecule has 3 rings (SSSR count). The van der Waals surface area contributed by atoms with E-state index in [0.29, 0.717) is 30.4 Å². The van der Waals surface area contributed by atoms with Crippen molar-refractivity contribution in [3.63, 3.8) is 0 Å². The molecule has 1 aliphatic carbocycles. The van der Waals surface area contributed by atoms with Gasteiger partial charge in [0.25, 0.3) is 0 Å². The normalized spacial score (nSPS) is 14.8. The topological polar surface area (TPSA) is 81.7 Å². The summed E-state index contributed by atoms with van der Waals surface area (Å²) in [7, 11) is -2.16. The average molecular weight is 446 g/mol. The van der Waals surface area contributed by atoms with Gasteiger partial charge in [0.15, 0.2) is 5.75 Å². The maximum Gasteiger partial charge on any atom is 0.305 e. The van der Waals surface area contributed by atoms with Gasteiger partial charge in [-0.15, -0.1) is 0 Å². The molecule has 7 heteroatoms. The van der Waals surface area contributed by atoms with E-state index < -0.39 is 10.0 Å². The Hall–Kier alpha value is -2.54. The molecule has 1 fully saturated rings. The molecule has 0 amide bonds. The van der Waals surface area contributed by atoms with E-state index in [0.717, 1.165) is 35.8 Å². The van der Waals surface area contributed by atoms with Gasteiger partial charge in [0.2, 0.25) is 10.0 Å². The standard InChI is InChI=1S/C24H31NO5S/c1-29-23(26)14-13-19-15-21(20-11-7-4-8-12-20)24(22(16-19)25-31(2,27)28)30-17-18-9-5-3-6-10-18/h4,7-8,11-12,15-16,18,25H,3,5-6,9-10,13-14,17H2,1-2H3. The van der Waals surface area contributed by atoms with Gasteiger partial charge in [0.05, 0.1) is 25.7 Å². The minimum Gasteiger partial charge on any atom is -0.490 e. The SMILES string of the molecule is COC(=O)CCc1cc(NS(C)(=O)=O)c(OCC2CCCCC2)c(-c2ccccc2)c1. The van der Waals surface area contributed by atoms with Gasteiger partial charge in [-0.2, -0.15) is 0 Å². The molecule has 0 spiro atoms. The predicted molar refractivity (Wildman–Crippen MR) is 123 cm³/mol. The lowest BCUT2D eigenvalue weighted by Crippen LogP contribution is -2.17. The number of aryl methyl sites for hydroxylation is 1. The summed E-state index contributed by atoms with van der Waals surface area (Å²) in [5, 5.41) is 0. The number of hydrogen-bond acceptors (Lipinski definition) is 5. The Morgan fingerprint density at radius 1 is 1.10 bits per heavy atom. The van der Waals surface area contributed by atoms with Crippen LogP contribution in [0.2, 0.25) is 0 Å². The number of methoxy groups -OCH3 is 1. The van der Waals surface area contributed by atoms with Gasteiger partial charge in [-0.05, 0) is 48.4 Å². The van der Waals surface area contributed by atoms with Crippen LogP contribution in [0.3, 0.4) is 0 Å². The second kappa shape index (κ2) is 10.7. The monoisotopic (exact) mass is 445 g/mol. The van der Waals surface area contributed by atoms with E-state index in [1.165, 1.54) is 26.4 Å². The summed E-state index contributed by atoms with van der Waals surface area (Å²) < 4.78 is 37.8. The van der Waals surface area contributed by atoms with E-state index >= 15 is 0 Å². The van der Waals surface area contributed by atoms with Crippen LogP contribution in [0.25, 0.3) is 11.1 Å². The molecule has 0 atom stereocenters. The van der Waals surface area contributed by atoms with Crippen LogP contribution in [0.4, 0.5) is 5.69 Å². The Kier molecular flexibility index (Phi) is 7.96. The summed E-state index contributed by atoms with van der Waals surface area (Å²) in [6, 6.07) is 13.5. The lowest BCUT2D eigenvalue weighted by molar-refractivity contribution is -0.140. The molecule has 0 unspecified atom stereocenters. The molecular weight excluding hydrogens is 414 g/mol. The molecule has 0 saturated heterocycles. The van der Waals surface area contributed by atoms with Gasteiger partial charge in [0.1, 0.15) is 0 Å². The average Bonchev–Trinajstić information content (AvgIpc) is 2.76. The summed E-state index contributed by atoms with van der Waals surface area (Å²) in [6.45, 7) is 0.555. The second-order valence-corrected chi connectivity index (χ2v) is 9.90. The molecule has 31 heavy (non-hydrogen) atoms. The molecule has 0 bridgehead atoms. The summed E-state index contributed by atoms with van der Waals surface area (Å²) in [4.78, 5) is 11.6. The lowest BCUT2D eigenvalue weighted by Gasteiger charge is -2.24. The highest BCUT2D eigenvalue weighted by Gasteiger charge is 2.20. The van der Waals surface area contributed by atoms with Gasteiger partial charge in [0, 0.05) is 12.0 Å². The number of rotatable bonds is 9. The van der Waals surface area contributed by atoms with Crippen LogP contribution >= 0.6 is 0 Å². The van der Waals surface area contributed by atoms with E-state index in [9.17, 15) is 13.2 Å². The fourth-order valence-electron chi connectivity index (χ4n) is 4.00. The molecule has 168 valence electrons. The first-order valence-electron chi connectivity index (χ1n) is 10.8. The first-order chi connectivity index (χ1) is 14.9. The van der Waals surface area contributed by atoms with Crippen molar-refractivity contribution in [1.29, 1.82) is 0 Å². The number of carbonyl (C=O) groups is 1. The zero-order chi connectivity index (χ0) is 22.3. The highest BCUT2D eigenvalue weighted by atomic mass is 32.2. The maximum atomic E-state index is 12.1. The van der Waals surface area contributed by atoms with Gasteiger partial charge >= 0.3 is 5.97 Å². The molecule has 2 aromatic rings. The molecule has 0 heterocycles. The largest absolute Gasteiger partial charge is 0.490 e. The third-order valence-corrected chi connectivity index (χ3v) is 6.15. The van der Waals surface area contributed by atoms with Crippen molar-refractivity contribution in [2.75, 3.05) is 24.7 Å². The maximum absolute atomic E-state index is 12.1. The lowest BCUT2D eigenvalue weighted by atomic mass is 9.90. The second-order valence-electron chi connectivity index (χ2n) is 8.15. The molecule has 0 radical (unpaired) electrons. The van der Waals surface area contributed by atoms with E-state index in [1.807, 2.05) is 36.4 Å². The van der Waals surface area contributed by atoms with Crippen LogP contribution in [0.15, 0.2) is 42.5 Å². The van der Waals surface area contributed by atoms with E-state index in [1.54, 1.807) is 6.07 Å². The first-order valence-corrected chi connectivity index (χ1v) is 12.6. The predicted octanol–water partition coefficient (Wildman–Crippen LogP) is 4.79. The molecular formula is C24H31NO5S. The third-order valence-electron chi connectivity index (χ3n) is 5.56. The van der Waals surface area contributed by atoms with Crippen molar-refractivity contribution >= 4 is 21.7 Å². The fourth-order valence-corrected chi connectivity index (χ4v) is 4.55. The van der Waals surface area contributed by atoms with Crippen LogP contribution in [-0.2, 0) is 26.0 Å². The van der Waals surface area contributed by atoms with Crippen molar-refractivity contribution in [1.82, 2.24) is 0 Å². The van der Waals surface area contributed by atoms with E-state index in [2.05, 4.69) is 4.72 Å². The third kappa shape index (κ3) is 6.99. The Labute approximate surface area is 185 Å². The van der Waals surface area contributed by atoms with Crippen molar-refractivity contribution < 1.29 is 22.7 Å². The molecule has 1 N–H and O–H groups in total. The van der Waals surface area contributed by atoms with Gasteiger partial charge in [-0.1, -0.05) is 49.6 Å². The van der Waals surface area contributed by atoms with E-state index in [4.69, 9.17) is 9.47 Å².